The molecular weight excluding hydrogens is 430 g/mol. The monoisotopic (exact) mass is 475 g/mol. The van der Waals surface area contributed by atoms with E-state index < -0.39 is 5.54 Å². The summed E-state index contributed by atoms with van der Waals surface area (Å²) in [5.41, 5.74) is 6.07. The first kappa shape index (κ1) is 29.2. The van der Waals surface area contributed by atoms with Crippen molar-refractivity contribution in [2.45, 2.75) is 82.5 Å². The van der Waals surface area contributed by atoms with Crippen LogP contribution in [-0.4, -0.2) is 80.6 Å². The molecule has 0 saturated carbocycles. The second-order valence-electron chi connectivity index (χ2n) is 8.58. The molecule has 8 nitrogen and oxygen atoms in total. The lowest BCUT2D eigenvalue weighted by molar-refractivity contribution is -0.121. The van der Waals surface area contributed by atoms with Gasteiger partial charge in [-0.3, -0.25) is 9.59 Å². The van der Waals surface area contributed by atoms with Crippen molar-refractivity contribution in [1.29, 1.82) is 0 Å². The normalized spacial score (nSPS) is 22.8. The summed E-state index contributed by atoms with van der Waals surface area (Å²) < 4.78 is 16.4. The molecule has 0 aromatic carbocycles. The number of carbonyl (C=O) groups is 2. The number of ether oxygens (including phenoxy) is 3. The third-order valence-electron chi connectivity index (χ3n) is 5.58. The minimum absolute atomic E-state index is 0.0108. The molecule has 1 heterocycles. The molecule has 1 aliphatic heterocycles. The second-order valence-corrected chi connectivity index (χ2v) is 9.82. The van der Waals surface area contributed by atoms with E-state index in [1.807, 2.05) is 18.7 Å². The van der Waals surface area contributed by atoms with Crippen molar-refractivity contribution < 1.29 is 23.8 Å². The average Bonchev–Trinajstić information content (AvgIpc) is 3.01. The zero-order chi connectivity index (χ0) is 23.7. The summed E-state index contributed by atoms with van der Waals surface area (Å²) in [4.78, 5) is 23.3. The van der Waals surface area contributed by atoms with Crippen LogP contribution in [0.15, 0.2) is 0 Å². The molecule has 2 amide bonds. The standard InChI is InChI=1S/C23H45N3O5S/c1-4-5-12-29-14-16-31-17-15-30-13-8-11-25-22(28)10-7-6-9-21-23(3,24)20(18-32-21)26-19(2)27/h20-21H,4-18,24H2,1-3H3,(H,25,28)(H,26,27)/t20?,21-,23?/m0/s1. The molecule has 0 spiro atoms. The molecule has 188 valence electrons. The van der Waals surface area contributed by atoms with Gasteiger partial charge in [0.1, 0.15) is 0 Å². The Balaban J connectivity index is 1.92. The molecule has 1 saturated heterocycles. The van der Waals surface area contributed by atoms with Gasteiger partial charge in [0.15, 0.2) is 0 Å². The zero-order valence-electron chi connectivity index (χ0n) is 20.3. The minimum Gasteiger partial charge on any atom is -0.379 e. The molecule has 32 heavy (non-hydrogen) atoms. The van der Waals surface area contributed by atoms with E-state index in [1.54, 1.807) is 0 Å². The second kappa shape index (κ2) is 17.6. The first-order valence-electron chi connectivity index (χ1n) is 12.1. The molecule has 0 aromatic rings. The van der Waals surface area contributed by atoms with E-state index >= 15 is 0 Å². The Hall–Kier alpha value is -0.870. The van der Waals surface area contributed by atoms with Crippen LogP contribution in [0.25, 0.3) is 0 Å². The Morgan fingerprint density at radius 1 is 1.00 bits per heavy atom. The maximum atomic E-state index is 12.0. The highest BCUT2D eigenvalue weighted by molar-refractivity contribution is 8.00. The van der Waals surface area contributed by atoms with Crippen LogP contribution in [0.1, 0.15) is 65.7 Å². The number of unbranched alkanes of at least 4 members (excludes halogenated alkanes) is 2. The van der Waals surface area contributed by atoms with E-state index in [4.69, 9.17) is 19.9 Å². The first-order chi connectivity index (χ1) is 15.4. The summed E-state index contributed by atoms with van der Waals surface area (Å²) in [5, 5.41) is 6.21. The van der Waals surface area contributed by atoms with Crippen LogP contribution >= 0.6 is 11.8 Å². The number of hydrogen-bond donors (Lipinski definition) is 3. The fourth-order valence-electron chi connectivity index (χ4n) is 3.53. The summed E-state index contributed by atoms with van der Waals surface area (Å²) in [6, 6.07) is 0.0108. The van der Waals surface area contributed by atoms with Crippen LogP contribution in [0.4, 0.5) is 0 Å². The third kappa shape index (κ3) is 13.0. The summed E-state index contributed by atoms with van der Waals surface area (Å²) in [6.45, 7) is 10.1. The van der Waals surface area contributed by atoms with E-state index in [-0.39, 0.29) is 17.9 Å². The van der Waals surface area contributed by atoms with E-state index in [0.717, 1.165) is 50.9 Å². The van der Waals surface area contributed by atoms with E-state index in [0.29, 0.717) is 51.2 Å². The molecule has 1 fully saturated rings. The number of hydrogen-bond acceptors (Lipinski definition) is 7. The molecule has 0 radical (unpaired) electrons. The van der Waals surface area contributed by atoms with Crippen LogP contribution in [0, 0.1) is 0 Å². The molecule has 0 aliphatic carbocycles. The van der Waals surface area contributed by atoms with Gasteiger partial charge in [0.05, 0.1) is 32.5 Å². The summed E-state index contributed by atoms with van der Waals surface area (Å²) >= 11 is 1.82. The van der Waals surface area contributed by atoms with Gasteiger partial charge >= 0.3 is 0 Å². The molecule has 1 rings (SSSR count). The Morgan fingerprint density at radius 3 is 2.25 bits per heavy atom. The number of thioether (sulfide) groups is 1. The van der Waals surface area contributed by atoms with Crippen LogP contribution in [0.5, 0.6) is 0 Å². The summed E-state index contributed by atoms with van der Waals surface area (Å²) in [7, 11) is 0. The van der Waals surface area contributed by atoms with Crippen molar-refractivity contribution in [2.75, 3.05) is 51.9 Å². The summed E-state index contributed by atoms with van der Waals surface area (Å²) in [6.07, 6.45) is 6.32. The smallest absolute Gasteiger partial charge is 0.219 e. The van der Waals surface area contributed by atoms with Gasteiger partial charge in [-0.15, -0.1) is 0 Å². The zero-order valence-corrected chi connectivity index (χ0v) is 21.1. The lowest BCUT2D eigenvalue weighted by atomic mass is 9.88. The van der Waals surface area contributed by atoms with E-state index in [1.165, 1.54) is 6.92 Å². The summed E-state index contributed by atoms with van der Waals surface area (Å²) in [5.74, 6) is 0.896. The number of amides is 2. The molecule has 0 aromatic heterocycles. The predicted octanol–water partition coefficient (Wildman–Crippen LogP) is 2.24. The number of carbonyl (C=O) groups excluding carboxylic acids is 2. The fraction of sp³-hybridized carbons (Fsp3) is 0.913. The van der Waals surface area contributed by atoms with E-state index in [9.17, 15) is 9.59 Å². The quantitative estimate of drug-likeness (QED) is 0.246. The topological polar surface area (TPSA) is 112 Å². The van der Waals surface area contributed by atoms with Crippen molar-refractivity contribution in [3.8, 4) is 0 Å². The van der Waals surface area contributed by atoms with Crippen molar-refractivity contribution in [3.63, 3.8) is 0 Å². The van der Waals surface area contributed by atoms with Gasteiger partial charge < -0.3 is 30.6 Å². The van der Waals surface area contributed by atoms with Crippen LogP contribution in [0.3, 0.4) is 0 Å². The molecule has 9 heteroatoms. The van der Waals surface area contributed by atoms with Crippen molar-refractivity contribution in [1.82, 2.24) is 10.6 Å². The van der Waals surface area contributed by atoms with E-state index in [2.05, 4.69) is 17.6 Å². The average molecular weight is 476 g/mol. The maximum absolute atomic E-state index is 12.0. The fourth-order valence-corrected chi connectivity index (χ4v) is 5.25. The predicted molar refractivity (Wildman–Crippen MR) is 130 cm³/mol. The highest BCUT2D eigenvalue weighted by atomic mass is 32.2. The van der Waals surface area contributed by atoms with Gasteiger partial charge in [-0.1, -0.05) is 19.8 Å². The molecule has 3 atom stereocenters. The van der Waals surface area contributed by atoms with Crippen LogP contribution in [0.2, 0.25) is 0 Å². The Labute approximate surface area is 198 Å². The van der Waals surface area contributed by atoms with Crippen LogP contribution < -0.4 is 16.4 Å². The number of nitrogens with two attached hydrogens (primary N) is 1. The molecule has 4 N–H and O–H groups in total. The van der Waals surface area contributed by atoms with Gasteiger partial charge in [-0.25, -0.2) is 0 Å². The lowest BCUT2D eigenvalue weighted by Gasteiger charge is -2.32. The Morgan fingerprint density at radius 2 is 1.62 bits per heavy atom. The Bertz CT molecular complexity index is 522. The minimum atomic E-state index is -0.411. The van der Waals surface area contributed by atoms with Crippen molar-refractivity contribution in [3.05, 3.63) is 0 Å². The Kier molecular flexibility index (Phi) is 16.0. The van der Waals surface area contributed by atoms with Crippen LogP contribution in [-0.2, 0) is 23.8 Å². The van der Waals surface area contributed by atoms with Gasteiger partial charge in [0.2, 0.25) is 11.8 Å². The van der Waals surface area contributed by atoms with Crippen molar-refractivity contribution in [2.24, 2.45) is 5.73 Å². The SMILES string of the molecule is CCCCOCCOCCOCCCNC(=O)CCCC[C@@H]1SCC(NC(C)=O)C1(C)N. The van der Waals surface area contributed by atoms with Gasteiger partial charge in [-0.2, -0.15) is 11.8 Å². The lowest BCUT2D eigenvalue weighted by Crippen LogP contribution is -2.58. The highest BCUT2D eigenvalue weighted by Gasteiger charge is 2.44. The van der Waals surface area contributed by atoms with Gasteiger partial charge in [-0.05, 0) is 32.6 Å². The largest absolute Gasteiger partial charge is 0.379 e. The highest BCUT2D eigenvalue weighted by Crippen LogP contribution is 2.37. The van der Waals surface area contributed by atoms with Gasteiger partial charge in [0.25, 0.3) is 0 Å². The number of rotatable bonds is 19. The molecular formula is C23H45N3O5S. The van der Waals surface area contributed by atoms with Gasteiger partial charge in [0, 0.05) is 49.6 Å². The number of nitrogens with one attached hydrogen (secondary N) is 2. The molecule has 0 bridgehead atoms. The molecule has 2 unspecified atom stereocenters. The maximum Gasteiger partial charge on any atom is 0.219 e. The third-order valence-corrected chi connectivity index (χ3v) is 7.25. The molecule has 1 aliphatic rings. The first-order valence-corrected chi connectivity index (χ1v) is 13.1. The van der Waals surface area contributed by atoms with Crippen molar-refractivity contribution >= 4 is 23.6 Å².